The molecular weight excluding hydrogens is 358 g/mol. The van der Waals surface area contributed by atoms with Crippen molar-refractivity contribution in [2.24, 2.45) is 11.3 Å². The molecule has 0 bridgehead atoms. The van der Waals surface area contributed by atoms with Crippen molar-refractivity contribution in [3.05, 3.63) is 23.9 Å². The van der Waals surface area contributed by atoms with Gasteiger partial charge in [0, 0.05) is 50.9 Å². The summed E-state index contributed by atoms with van der Waals surface area (Å²) in [5.74, 6) is 0.591. The molecule has 1 saturated carbocycles. The van der Waals surface area contributed by atoms with Gasteiger partial charge in [-0.2, -0.15) is 0 Å². The first-order valence-corrected chi connectivity index (χ1v) is 10.4. The van der Waals surface area contributed by atoms with Crippen molar-refractivity contribution in [2.45, 2.75) is 31.7 Å². The van der Waals surface area contributed by atoms with Crippen LogP contribution in [0.3, 0.4) is 0 Å². The molecule has 0 aromatic carbocycles. The molecule has 3 aliphatic rings. The second kappa shape index (κ2) is 8.35. The Morgan fingerprint density at radius 3 is 2.82 bits per heavy atom. The molecule has 3 heterocycles. The van der Waals surface area contributed by atoms with Gasteiger partial charge in [0.25, 0.3) is 0 Å². The maximum Gasteiger partial charge on any atom is 0.337 e. The largest absolute Gasteiger partial charge is 0.478 e. The lowest BCUT2D eigenvalue weighted by molar-refractivity contribution is -0.0540. The van der Waals surface area contributed by atoms with Crippen LogP contribution in [0.5, 0.6) is 0 Å². The number of piperidine rings is 1. The van der Waals surface area contributed by atoms with Crippen LogP contribution in [0.4, 0.5) is 5.82 Å². The first-order chi connectivity index (χ1) is 13.6. The molecule has 28 heavy (non-hydrogen) atoms. The number of hydrogen-bond donors (Lipinski definition) is 1. The lowest BCUT2D eigenvalue weighted by atomic mass is 9.62. The zero-order chi connectivity index (χ0) is 19.6. The maximum atomic E-state index is 11.1. The van der Waals surface area contributed by atoms with Crippen molar-refractivity contribution >= 4 is 11.8 Å². The van der Waals surface area contributed by atoms with Gasteiger partial charge in [-0.15, -0.1) is 0 Å². The van der Waals surface area contributed by atoms with E-state index in [4.69, 9.17) is 14.6 Å². The number of fused-ring (bicyclic) bond motifs is 1. The summed E-state index contributed by atoms with van der Waals surface area (Å²) in [6.45, 7) is 6.50. The normalized spacial score (nSPS) is 31.4. The Hall–Kier alpha value is -1.70. The maximum absolute atomic E-state index is 11.1. The van der Waals surface area contributed by atoms with E-state index < -0.39 is 5.97 Å². The van der Waals surface area contributed by atoms with E-state index in [-0.39, 0.29) is 11.0 Å². The number of morpholine rings is 1. The topological polar surface area (TPSA) is 75.1 Å². The first-order valence-electron chi connectivity index (χ1n) is 10.4. The highest BCUT2D eigenvalue weighted by Gasteiger charge is 2.48. The third-order valence-electron chi connectivity index (χ3n) is 6.96. The Balaban J connectivity index is 1.47. The molecule has 3 atom stereocenters. The summed E-state index contributed by atoms with van der Waals surface area (Å²) in [6, 6.07) is 4.15. The third kappa shape index (κ3) is 3.88. The van der Waals surface area contributed by atoms with E-state index in [9.17, 15) is 4.79 Å². The second-order valence-electron chi connectivity index (χ2n) is 8.49. The molecule has 0 spiro atoms. The van der Waals surface area contributed by atoms with Gasteiger partial charge in [-0.05, 0) is 43.7 Å². The molecular formula is C21H31N3O4. The minimum atomic E-state index is -0.935. The molecule has 1 aromatic heterocycles. The number of ether oxygens (including phenoxy) is 2. The Morgan fingerprint density at radius 1 is 1.32 bits per heavy atom. The number of aromatic nitrogens is 1. The fraction of sp³-hybridized carbons (Fsp3) is 0.714. The van der Waals surface area contributed by atoms with Crippen LogP contribution >= 0.6 is 0 Å². The van der Waals surface area contributed by atoms with Gasteiger partial charge in [0.2, 0.25) is 0 Å². The number of methoxy groups -OCH3 is 1. The van der Waals surface area contributed by atoms with Crippen LogP contribution in [0.25, 0.3) is 0 Å². The number of carboxylic acids is 1. The van der Waals surface area contributed by atoms with Gasteiger partial charge in [-0.25, -0.2) is 9.78 Å². The van der Waals surface area contributed by atoms with E-state index in [1.807, 2.05) is 6.07 Å². The fourth-order valence-electron chi connectivity index (χ4n) is 5.45. The molecule has 1 N–H and O–H groups in total. The van der Waals surface area contributed by atoms with Crippen LogP contribution in [0, 0.1) is 11.3 Å². The van der Waals surface area contributed by atoms with Crippen molar-refractivity contribution in [1.82, 2.24) is 9.88 Å². The molecule has 2 saturated heterocycles. The van der Waals surface area contributed by atoms with Gasteiger partial charge in [0.1, 0.15) is 5.82 Å². The average molecular weight is 389 g/mol. The van der Waals surface area contributed by atoms with Crippen molar-refractivity contribution < 1.29 is 19.4 Å². The summed E-state index contributed by atoms with van der Waals surface area (Å²) < 4.78 is 11.2. The van der Waals surface area contributed by atoms with Gasteiger partial charge < -0.3 is 19.5 Å². The lowest BCUT2D eigenvalue weighted by Crippen LogP contribution is -2.57. The quantitative estimate of drug-likeness (QED) is 0.827. The molecule has 4 rings (SSSR count). The molecule has 1 aromatic rings. The number of nitrogens with zero attached hydrogens (tertiary/aromatic N) is 3. The van der Waals surface area contributed by atoms with E-state index in [2.05, 4.69) is 14.8 Å². The molecule has 0 unspecified atom stereocenters. The SMILES string of the molecule is COC[C@@]12CC[C@@H](N3CCOCC3)C[C@H]1CCN(c1ccc(C(=O)O)cn1)C2. The van der Waals surface area contributed by atoms with Crippen LogP contribution in [0.1, 0.15) is 36.0 Å². The highest BCUT2D eigenvalue weighted by atomic mass is 16.5. The van der Waals surface area contributed by atoms with Crippen molar-refractivity contribution in [3.63, 3.8) is 0 Å². The minimum absolute atomic E-state index is 0.156. The fourth-order valence-corrected chi connectivity index (χ4v) is 5.45. The van der Waals surface area contributed by atoms with E-state index in [1.165, 1.54) is 19.0 Å². The first kappa shape index (κ1) is 19.6. The molecule has 154 valence electrons. The van der Waals surface area contributed by atoms with Gasteiger partial charge in [-0.1, -0.05) is 0 Å². The summed E-state index contributed by atoms with van der Waals surface area (Å²) in [7, 11) is 1.80. The van der Waals surface area contributed by atoms with Crippen molar-refractivity contribution in [2.75, 3.05) is 58.0 Å². The number of aromatic carboxylic acids is 1. The number of anilines is 1. The highest BCUT2D eigenvalue weighted by molar-refractivity contribution is 5.87. The molecule has 3 fully saturated rings. The molecule has 2 aliphatic heterocycles. The van der Waals surface area contributed by atoms with Crippen LogP contribution in [-0.2, 0) is 9.47 Å². The van der Waals surface area contributed by atoms with E-state index in [0.29, 0.717) is 12.0 Å². The Morgan fingerprint density at radius 2 is 2.14 bits per heavy atom. The number of hydrogen-bond acceptors (Lipinski definition) is 6. The van der Waals surface area contributed by atoms with E-state index in [1.54, 1.807) is 13.2 Å². The number of pyridine rings is 1. The summed E-state index contributed by atoms with van der Waals surface area (Å²) in [4.78, 5) is 20.5. The number of rotatable bonds is 5. The lowest BCUT2D eigenvalue weighted by Gasteiger charge is -2.54. The summed E-state index contributed by atoms with van der Waals surface area (Å²) in [5, 5.41) is 9.10. The van der Waals surface area contributed by atoms with Crippen LogP contribution in [0.15, 0.2) is 18.3 Å². The van der Waals surface area contributed by atoms with Crippen LogP contribution in [0.2, 0.25) is 0 Å². The van der Waals surface area contributed by atoms with Gasteiger partial charge in [-0.3, -0.25) is 4.90 Å². The monoisotopic (exact) mass is 389 g/mol. The zero-order valence-electron chi connectivity index (χ0n) is 16.7. The summed E-state index contributed by atoms with van der Waals surface area (Å²) in [5.41, 5.74) is 0.388. The van der Waals surface area contributed by atoms with Crippen molar-refractivity contribution in [3.8, 4) is 0 Å². The van der Waals surface area contributed by atoms with Gasteiger partial charge in [0.15, 0.2) is 0 Å². The van der Waals surface area contributed by atoms with Crippen LogP contribution < -0.4 is 4.90 Å². The average Bonchev–Trinajstić information content (AvgIpc) is 2.74. The van der Waals surface area contributed by atoms with Gasteiger partial charge in [0.05, 0.1) is 25.4 Å². The molecule has 7 heteroatoms. The molecule has 7 nitrogen and oxygen atoms in total. The predicted molar refractivity (Wildman–Crippen MR) is 106 cm³/mol. The predicted octanol–water partition coefficient (Wildman–Crippen LogP) is 2.12. The summed E-state index contributed by atoms with van der Waals surface area (Å²) >= 11 is 0. The van der Waals surface area contributed by atoms with Crippen molar-refractivity contribution in [1.29, 1.82) is 0 Å². The minimum Gasteiger partial charge on any atom is -0.478 e. The van der Waals surface area contributed by atoms with Gasteiger partial charge >= 0.3 is 5.97 Å². The summed E-state index contributed by atoms with van der Waals surface area (Å²) in [6.07, 6.45) is 6.20. The zero-order valence-corrected chi connectivity index (χ0v) is 16.7. The number of carbonyl (C=O) groups is 1. The Labute approximate surface area is 166 Å². The Kier molecular flexibility index (Phi) is 5.85. The standard InChI is InChI=1S/C21H31N3O4/c1-27-15-21-6-4-18(23-8-10-28-11-9-23)12-17(21)5-7-24(14-21)19-3-2-16(13-22-19)20(25)26/h2-3,13,17-18H,4-12,14-15H2,1H3,(H,25,26)/t17-,18-,21+/m1/s1. The number of carboxylic acid groups (broad SMARTS) is 1. The smallest absolute Gasteiger partial charge is 0.337 e. The molecule has 0 radical (unpaired) electrons. The second-order valence-corrected chi connectivity index (χ2v) is 8.49. The van der Waals surface area contributed by atoms with E-state index >= 15 is 0 Å². The third-order valence-corrected chi connectivity index (χ3v) is 6.96. The molecule has 0 amide bonds. The van der Waals surface area contributed by atoms with E-state index in [0.717, 1.165) is 64.7 Å². The molecule has 1 aliphatic carbocycles. The Bertz CT molecular complexity index is 677. The highest BCUT2D eigenvalue weighted by Crippen LogP contribution is 2.48. The van der Waals surface area contributed by atoms with Crippen LogP contribution in [-0.4, -0.2) is 80.1 Å².